The van der Waals surface area contributed by atoms with Gasteiger partial charge in [0.05, 0.1) is 12.2 Å². The molecule has 86 valence electrons. The molecule has 1 saturated heterocycles. The Hall–Kier alpha value is -1.42. The maximum Gasteiger partial charge on any atom is 0.223 e. The normalized spacial score (nSPS) is 15.6. The van der Waals surface area contributed by atoms with Crippen LogP contribution in [0.3, 0.4) is 0 Å². The summed E-state index contributed by atoms with van der Waals surface area (Å²) in [4.78, 5) is 17.8. The highest BCUT2D eigenvalue weighted by Gasteiger charge is 2.22. The SMILES string of the molecule is CN(Cc1ccccn1)C(=O)CC1CNC1. The lowest BCUT2D eigenvalue weighted by molar-refractivity contribution is -0.131. The first kappa shape index (κ1) is 11.1. The molecule has 16 heavy (non-hydrogen) atoms. The van der Waals surface area contributed by atoms with E-state index in [2.05, 4.69) is 10.3 Å². The molecule has 0 bridgehead atoms. The van der Waals surface area contributed by atoms with Gasteiger partial charge in [0.1, 0.15) is 0 Å². The summed E-state index contributed by atoms with van der Waals surface area (Å²) in [5.74, 6) is 0.732. The van der Waals surface area contributed by atoms with E-state index in [9.17, 15) is 4.79 Å². The minimum absolute atomic E-state index is 0.206. The molecular formula is C12H17N3O. The third-order valence-corrected chi connectivity index (χ3v) is 2.88. The van der Waals surface area contributed by atoms with Gasteiger partial charge in [-0.15, -0.1) is 0 Å². The van der Waals surface area contributed by atoms with Crippen LogP contribution in [0.1, 0.15) is 12.1 Å². The van der Waals surface area contributed by atoms with Gasteiger partial charge < -0.3 is 10.2 Å². The molecule has 0 aliphatic carbocycles. The Bertz CT molecular complexity index is 349. The fraction of sp³-hybridized carbons (Fsp3) is 0.500. The zero-order chi connectivity index (χ0) is 11.4. The number of rotatable bonds is 4. The van der Waals surface area contributed by atoms with Crippen LogP contribution < -0.4 is 5.32 Å². The van der Waals surface area contributed by atoms with Crippen LogP contribution in [-0.2, 0) is 11.3 Å². The summed E-state index contributed by atoms with van der Waals surface area (Å²) < 4.78 is 0. The van der Waals surface area contributed by atoms with E-state index >= 15 is 0 Å². The van der Waals surface area contributed by atoms with Gasteiger partial charge >= 0.3 is 0 Å². The highest BCUT2D eigenvalue weighted by molar-refractivity contribution is 5.76. The monoisotopic (exact) mass is 219 g/mol. The van der Waals surface area contributed by atoms with Gasteiger partial charge in [0.2, 0.25) is 5.91 Å². The van der Waals surface area contributed by atoms with Gasteiger partial charge in [0.15, 0.2) is 0 Å². The number of nitrogens with zero attached hydrogens (tertiary/aromatic N) is 2. The lowest BCUT2D eigenvalue weighted by Crippen LogP contribution is -2.44. The van der Waals surface area contributed by atoms with Gasteiger partial charge in [-0.05, 0) is 31.1 Å². The fourth-order valence-corrected chi connectivity index (χ4v) is 1.72. The fourth-order valence-electron chi connectivity index (χ4n) is 1.72. The Labute approximate surface area is 95.7 Å². The number of nitrogens with one attached hydrogen (secondary N) is 1. The van der Waals surface area contributed by atoms with Crippen molar-refractivity contribution < 1.29 is 4.79 Å². The predicted molar refractivity (Wildman–Crippen MR) is 61.7 cm³/mol. The lowest BCUT2D eigenvalue weighted by Gasteiger charge is -2.28. The van der Waals surface area contributed by atoms with E-state index in [0.29, 0.717) is 18.9 Å². The molecule has 1 aromatic rings. The van der Waals surface area contributed by atoms with Crippen molar-refractivity contribution in [3.63, 3.8) is 0 Å². The summed E-state index contributed by atoms with van der Waals surface area (Å²) >= 11 is 0. The average molecular weight is 219 g/mol. The zero-order valence-electron chi connectivity index (χ0n) is 9.52. The average Bonchev–Trinajstić information content (AvgIpc) is 2.24. The molecular weight excluding hydrogens is 202 g/mol. The van der Waals surface area contributed by atoms with E-state index in [1.54, 1.807) is 11.1 Å². The molecule has 0 unspecified atom stereocenters. The van der Waals surface area contributed by atoms with Gasteiger partial charge in [0, 0.05) is 19.7 Å². The summed E-state index contributed by atoms with van der Waals surface area (Å²) in [6, 6.07) is 5.76. The van der Waals surface area contributed by atoms with Crippen LogP contribution in [0.5, 0.6) is 0 Å². The van der Waals surface area contributed by atoms with Crippen LogP contribution in [0.4, 0.5) is 0 Å². The minimum atomic E-state index is 0.206. The second kappa shape index (κ2) is 5.07. The molecule has 2 heterocycles. The Morgan fingerprint density at radius 1 is 1.56 bits per heavy atom. The maximum absolute atomic E-state index is 11.8. The smallest absolute Gasteiger partial charge is 0.223 e. The van der Waals surface area contributed by atoms with Crippen molar-refractivity contribution in [3.05, 3.63) is 30.1 Å². The van der Waals surface area contributed by atoms with Crippen molar-refractivity contribution in [3.8, 4) is 0 Å². The second-order valence-corrected chi connectivity index (χ2v) is 4.30. The van der Waals surface area contributed by atoms with Crippen molar-refractivity contribution in [2.24, 2.45) is 5.92 Å². The quantitative estimate of drug-likeness (QED) is 0.808. The third kappa shape index (κ3) is 2.79. The van der Waals surface area contributed by atoms with Crippen molar-refractivity contribution in [2.75, 3.05) is 20.1 Å². The van der Waals surface area contributed by atoms with Gasteiger partial charge in [-0.2, -0.15) is 0 Å². The summed E-state index contributed by atoms with van der Waals surface area (Å²) in [5, 5.41) is 3.17. The van der Waals surface area contributed by atoms with Crippen molar-refractivity contribution in [2.45, 2.75) is 13.0 Å². The van der Waals surface area contributed by atoms with Crippen LogP contribution in [0.15, 0.2) is 24.4 Å². The standard InChI is InChI=1S/C12H17N3O/c1-15(9-11-4-2-3-5-14-11)12(16)6-10-7-13-8-10/h2-5,10,13H,6-9H2,1H3. The first-order valence-electron chi connectivity index (χ1n) is 5.60. The van der Waals surface area contributed by atoms with Crippen molar-refractivity contribution in [1.29, 1.82) is 0 Å². The summed E-state index contributed by atoms with van der Waals surface area (Å²) in [7, 11) is 1.84. The maximum atomic E-state index is 11.8. The lowest BCUT2D eigenvalue weighted by atomic mass is 9.99. The summed E-state index contributed by atoms with van der Waals surface area (Å²) in [5.41, 5.74) is 0.935. The Morgan fingerprint density at radius 2 is 2.38 bits per heavy atom. The first-order valence-corrected chi connectivity index (χ1v) is 5.60. The largest absolute Gasteiger partial charge is 0.340 e. The van der Waals surface area contributed by atoms with Crippen LogP contribution in [0, 0.1) is 5.92 Å². The van der Waals surface area contributed by atoms with E-state index in [0.717, 1.165) is 18.8 Å². The van der Waals surface area contributed by atoms with E-state index in [1.807, 2.05) is 25.2 Å². The number of aromatic nitrogens is 1. The van der Waals surface area contributed by atoms with Gasteiger partial charge in [-0.1, -0.05) is 6.07 Å². The number of hydrogen-bond donors (Lipinski definition) is 1. The predicted octanol–water partition coefficient (Wildman–Crippen LogP) is 0.649. The molecule has 0 spiro atoms. The van der Waals surface area contributed by atoms with E-state index in [-0.39, 0.29) is 5.91 Å². The molecule has 0 saturated carbocycles. The number of carbonyl (C=O) groups excluding carboxylic acids is 1. The first-order chi connectivity index (χ1) is 7.75. The molecule has 1 amide bonds. The molecule has 0 radical (unpaired) electrons. The highest BCUT2D eigenvalue weighted by atomic mass is 16.2. The molecule has 1 aliphatic heterocycles. The molecule has 4 heteroatoms. The van der Waals surface area contributed by atoms with Crippen molar-refractivity contribution in [1.82, 2.24) is 15.2 Å². The van der Waals surface area contributed by atoms with Crippen LogP contribution in [0.25, 0.3) is 0 Å². The third-order valence-electron chi connectivity index (χ3n) is 2.88. The van der Waals surface area contributed by atoms with E-state index in [4.69, 9.17) is 0 Å². The number of carbonyl (C=O) groups is 1. The van der Waals surface area contributed by atoms with Crippen LogP contribution >= 0.6 is 0 Å². The topological polar surface area (TPSA) is 45.2 Å². The zero-order valence-corrected chi connectivity index (χ0v) is 9.52. The van der Waals surface area contributed by atoms with Crippen LogP contribution in [0.2, 0.25) is 0 Å². The number of hydrogen-bond acceptors (Lipinski definition) is 3. The Balaban J connectivity index is 1.82. The van der Waals surface area contributed by atoms with E-state index in [1.165, 1.54) is 0 Å². The summed E-state index contributed by atoms with van der Waals surface area (Å²) in [6.07, 6.45) is 2.40. The molecule has 4 nitrogen and oxygen atoms in total. The molecule has 2 rings (SSSR count). The van der Waals surface area contributed by atoms with E-state index < -0.39 is 0 Å². The van der Waals surface area contributed by atoms with Gasteiger partial charge in [-0.3, -0.25) is 9.78 Å². The van der Waals surface area contributed by atoms with Crippen molar-refractivity contribution >= 4 is 5.91 Å². The minimum Gasteiger partial charge on any atom is -0.340 e. The van der Waals surface area contributed by atoms with Gasteiger partial charge in [-0.25, -0.2) is 0 Å². The molecule has 0 aromatic carbocycles. The van der Waals surface area contributed by atoms with Gasteiger partial charge in [0.25, 0.3) is 0 Å². The summed E-state index contributed by atoms with van der Waals surface area (Å²) in [6.45, 7) is 2.55. The molecule has 1 aromatic heterocycles. The molecule has 1 N–H and O–H groups in total. The Morgan fingerprint density at radius 3 is 2.94 bits per heavy atom. The molecule has 0 atom stereocenters. The van der Waals surface area contributed by atoms with Crippen LogP contribution in [-0.4, -0.2) is 35.9 Å². The second-order valence-electron chi connectivity index (χ2n) is 4.30. The number of pyridine rings is 1. The highest BCUT2D eigenvalue weighted by Crippen LogP contribution is 2.11. The number of amides is 1. The Kier molecular flexibility index (Phi) is 3.51. The molecule has 1 fully saturated rings. The molecule has 1 aliphatic rings.